The van der Waals surface area contributed by atoms with E-state index < -0.39 is 5.82 Å². The van der Waals surface area contributed by atoms with Gasteiger partial charge in [-0.3, -0.25) is 4.79 Å². The molecule has 0 saturated heterocycles. The molecule has 2 rings (SSSR count). The Labute approximate surface area is 115 Å². The van der Waals surface area contributed by atoms with Crippen LogP contribution in [0.25, 0.3) is 0 Å². The summed E-state index contributed by atoms with van der Waals surface area (Å²) in [6.07, 6.45) is 0. The van der Waals surface area contributed by atoms with E-state index >= 15 is 0 Å². The normalized spacial score (nSPS) is 10.3. The molecule has 5 heteroatoms. The zero-order valence-electron chi connectivity index (χ0n) is 10.2. The van der Waals surface area contributed by atoms with E-state index in [0.717, 1.165) is 5.56 Å². The third-order valence-electron chi connectivity index (χ3n) is 2.69. The van der Waals surface area contributed by atoms with Gasteiger partial charge in [0.05, 0.1) is 16.3 Å². The Morgan fingerprint density at radius 1 is 1.32 bits per heavy atom. The first-order chi connectivity index (χ1) is 8.99. The summed E-state index contributed by atoms with van der Waals surface area (Å²) in [5, 5.41) is 3.02. The highest BCUT2D eigenvalue weighted by Crippen LogP contribution is 2.22. The summed E-state index contributed by atoms with van der Waals surface area (Å²) in [5.74, 6) is -0.883. The summed E-state index contributed by atoms with van der Waals surface area (Å²) >= 11 is 6.07. The van der Waals surface area contributed by atoms with Crippen molar-refractivity contribution in [2.75, 3.05) is 11.1 Å². The number of aryl methyl sites for hydroxylation is 1. The first kappa shape index (κ1) is 13.4. The Morgan fingerprint density at radius 3 is 2.74 bits per heavy atom. The van der Waals surface area contributed by atoms with Crippen LogP contribution in [0.2, 0.25) is 5.02 Å². The quantitative estimate of drug-likeness (QED) is 0.824. The van der Waals surface area contributed by atoms with E-state index in [-0.39, 0.29) is 11.6 Å². The van der Waals surface area contributed by atoms with Crippen LogP contribution in [0.4, 0.5) is 15.8 Å². The van der Waals surface area contributed by atoms with Crippen molar-refractivity contribution in [1.29, 1.82) is 0 Å². The lowest BCUT2D eigenvalue weighted by Crippen LogP contribution is -2.13. The summed E-state index contributed by atoms with van der Waals surface area (Å²) in [7, 11) is 0. The lowest BCUT2D eigenvalue weighted by Gasteiger charge is -2.09. The highest BCUT2D eigenvalue weighted by Gasteiger charge is 2.12. The molecule has 0 aliphatic heterocycles. The van der Waals surface area contributed by atoms with Gasteiger partial charge in [-0.25, -0.2) is 4.39 Å². The van der Waals surface area contributed by atoms with E-state index in [0.29, 0.717) is 16.3 Å². The van der Waals surface area contributed by atoms with Crippen LogP contribution in [0.15, 0.2) is 36.4 Å². The number of nitrogens with two attached hydrogens (primary N) is 1. The van der Waals surface area contributed by atoms with Gasteiger partial charge in [0.15, 0.2) is 0 Å². The van der Waals surface area contributed by atoms with Crippen molar-refractivity contribution in [1.82, 2.24) is 0 Å². The standard InChI is InChI=1S/C14H12ClFN2O/c1-8-3-2-4-10(13(8)15)14(19)18-9-5-6-11(16)12(17)7-9/h2-7H,17H2,1H3,(H,18,19). The Kier molecular flexibility index (Phi) is 3.71. The van der Waals surface area contributed by atoms with Gasteiger partial charge in [0.1, 0.15) is 5.82 Å². The first-order valence-electron chi connectivity index (χ1n) is 5.60. The molecule has 0 bridgehead atoms. The van der Waals surface area contributed by atoms with Crippen molar-refractivity contribution in [3.05, 3.63) is 58.4 Å². The van der Waals surface area contributed by atoms with Gasteiger partial charge in [0, 0.05) is 5.69 Å². The largest absolute Gasteiger partial charge is 0.396 e. The van der Waals surface area contributed by atoms with E-state index in [1.165, 1.54) is 18.2 Å². The number of hydrogen-bond donors (Lipinski definition) is 2. The predicted molar refractivity (Wildman–Crippen MR) is 75.0 cm³/mol. The minimum atomic E-state index is -0.522. The van der Waals surface area contributed by atoms with Crippen LogP contribution in [0, 0.1) is 12.7 Å². The lowest BCUT2D eigenvalue weighted by atomic mass is 10.1. The molecule has 0 aliphatic carbocycles. The van der Waals surface area contributed by atoms with E-state index in [1.54, 1.807) is 12.1 Å². The molecule has 19 heavy (non-hydrogen) atoms. The minimum Gasteiger partial charge on any atom is -0.396 e. The molecular formula is C14H12ClFN2O. The summed E-state index contributed by atoms with van der Waals surface area (Å²) in [6, 6.07) is 9.18. The van der Waals surface area contributed by atoms with Crippen molar-refractivity contribution in [3.63, 3.8) is 0 Å². The summed E-state index contributed by atoms with van der Waals surface area (Å²) < 4.78 is 13.0. The van der Waals surface area contributed by atoms with Crippen molar-refractivity contribution in [2.45, 2.75) is 6.92 Å². The molecule has 3 N–H and O–H groups in total. The molecular weight excluding hydrogens is 267 g/mol. The molecule has 0 aliphatic rings. The van der Waals surface area contributed by atoms with Gasteiger partial charge < -0.3 is 11.1 Å². The third-order valence-corrected chi connectivity index (χ3v) is 3.19. The van der Waals surface area contributed by atoms with Crippen LogP contribution >= 0.6 is 11.6 Å². The number of amides is 1. The molecule has 2 aromatic rings. The SMILES string of the molecule is Cc1cccc(C(=O)Nc2ccc(F)c(N)c2)c1Cl. The Bertz CT molecular complexity index is 643. The van der Waals surface area contributed by atoms with E-state index in [2.05, 4.69) is 5.32 Å². The molecule has 0 unspecified atom stereocenters. The van der Waals surface area contributed by atoms with Crippen LogP contribution in [-0.2, 0) is 0 Å². The van der Waals surface area contributed by atoms with Crippen molar-refractivity contribution in [3.8, 4) is 0 Å². The topological polar surface area (TPSA) is 55.1 Å². The van der Waals surface area contributed by atoms with Crippen LogP contribution in [0.1, 0.15) is 15.9 Å². The van der Waals surface area contributed by atoms with Crippen molar-refractivity contribution >= 4 is 28.9 Å². The number of rotatable bonds is 2. The number of benzene rings is 2. The van der Waals surface area contributed by atoms with Crippen LogP contribution in [-0.4, -0.2) is 5.91 Å². The highest BCUT2D eigenvalue weighted by molar-refractivity contribution is 6.35. The van der Waals surface area contributed by atoms with E-state index in [4.69, 9.17) is 17.3 Å². The smallest absolute Gasteiger partial charge is 0.257 e. The second kappa shape index (κ2) is 5.28. The third kappa shape index (κ3) is 2.85. The Morgan fingerprint density at radius 2 is 2.05 bits per heavy atom. The van der Waals surface area contributed by atoms with Crippen LogP contribution in [0.3, 0.4) is 0 Å². The van der Waals surface area contributed by atoms with Crippen LogP contribution in [0.5, 0.6) is 0 Å². The number of hydrogen-bond acceptors (Lipinski definition) is 2. The molecule has 0 aromatic heterocycles. The molecule has 0 saturated carbocycles. The monoisotopic (exact) mass is 278 g/mol. The number of anilines is 2. The fourth-order valence-corrected chi connectivity index (χ4v) is 1.85. The molecule has 0 atom stereocenters. The Hall–Kier alpha value is -2.07. The maximum absolute atomic E-state index is 13.0. The molecule has 0 spiro atoms. The molecule has 0 heterocycles. The zero-order valence-corrected chi connectivity index (χ0v) is 11.0. The van der Waals surface area contributed by atoms with Crippen molar-refractivity contribution in [2.24, 2.45) is 0 Å². The van der Waals surface area contributed by atoms with Gasteiger partial charge in [-0.05, 0) is 36.8 Å². The van der Waals surface area contributed by atoms with Gasteiger partial charge in [-0.1, -0.05) is 23.7 Å². The molecule has 1 amide bonds. The van der Waals surface area contributed by atoms with Crippen molar-refractivity contribution < 1.29 is 9.18 Å². The van der Waals surface area contributed by atoms with Gasteiger partial charge in [-0.15, -0.1) is 0 Å². The average molecular weight is 279 g/mol. The first-order valence-corrected chi connectivity index (χ1v) is 5.98. The summed E-state index contributed by atoms with van der Waals surface area (Å²) in [5.41, 5.74) is 7.01. The summed E-state index contributed by atoms with van der Waals surface area (Å²) in [4.78, 5) is 12.1. The number of carbonyl (C=O) groups excluding carboxylic acids is 1. The predicted octanol–water partition coefficient (Wildman–Crippen LogP) is 3.62. The average Bonchev–Trinajstić information content (AvgIpc) is 2.37. The van der Waals surface area contributed by atoms with Gasteiger partial charge in [-0.2, -0.15) is 0 Å². The number of carbonyl (C=O) groups is 1. The maximum atomic E-state index is 13.0. The molecule has 3 nitrogen and oxygen atoms in total. The van der Waals surface area contributed by atoms with Gasteiger partial charge in [0.25, 0.3) is 5.91 Å². The fourth-order valence-electron chi connectivity index (χ4n) is 1.64. The van der Waals surface area contributed by atoms with Crippen LogP contribution < -0.4 is 11.1 Å². The molecule has 0 fully saturated rings. The Balaban J connectivity index is 2.26. The second-order valence-electron chi connectivity index (χ2n) is 4.13. The molecule has 2 aromatic carbocycles. The minimum absolute atomic E-state index is 0.0202. The fraction of sp³-hybridized carbons (Fsp3) is 0.0714. The van der Waals surface area contributed by atoms with E-state index in [1.807, 2.05) is 13.0 Å². The summed E-state index contributed by atoms with van der Waals surface area (Å²) in [6.45, 7) is 1.81. The van der Waals surface area contributed by atoms with E-state index in [9.17, 15) is 9.18 Å². The zero-order chi connectivity index (χ0) is 14.0. The number of halogens is 2. The molecule has 0 radical (unpaired) electrons. The number of nitrogens with one attached hydrogen (secondary N) is 1. The van der Waals surface area contributed by atoms with Gasteiger partial charge >= 0.3 is 0 Å². The number of nitrogen functional groups attached to an aromatic ring is 1. The second-order valence-corrected chi connectivity index (χ2v) is 4.50. The molecule has 98 valence electrons. The maximum Gasteiger partial charge on any atom is 0.257 e. The highest BCUT2D eigenvalue weighted by atomic mass is 35.5. The lowest BCUT2D eigenvalue weighted by molar-refractivity contribution is 0.102. The van der Waals surface area contributed by atoms with Gasteiger partial charge in [0.2, 0.25) is 0 Å².